The van der Waals surface area contributed by atoms with Gasteiger partial charge in [-0.25, -0.2) is 4.79 Å². The smallest absolute Gasteiger partial charge is 0.341 e. The molecule has 0 radical (unpaired) electrons. The monoisotopic (exact) mass is 289 g/mol. The van der Waals surface area contributed by atoms with Crippen molar-refractivity contribution in [1.82, 2.24) is 0 Å². The highest BCUT2D eigenvalue weighted by molar-refractivity contribution is 6.03. The van der Waals surface area contributed by atoms with Crippen LogP contribution in [0, 0.1) is 0 Å². The van der Waals surface area contributed by atoms with Crippen LogP contribution in [-0.2, 0) is 4.74 Å². The molecule has 110 valence electrons. The largest absolute Gasteiger partial charge is 0.507 e. The zero-order valence-electron chi connectivity index (χ0n) is 11.5. The number of hydrogen-bond donors (Lipinski definition) is 2. The van der Waals surface area contributed by atoms with Crippen molar-refractivity contribution in [3.05, 3.63) is 47.9 Å². The molecule has 2 rings (SSSR count). The van der Waals surface area contributed by atoms with E-state index in [2.05, 4.69) is 5.32 Å². The average Bonchev–Trinajstić information content (AvgIpc) is 3.01. The molecule has 2 aromatic rings. The Kier molecular flexibility index (Phi) is 4.61. The molecule has 0 unspecified atom stereocenters. The van der Waals surface area contributed by atoms with Crippen LogP contribution in [0.15, 0.2) is 41.0 Å². The van der Waals surface area contributed by atoms with Crippen LogP contribution in [0.2, 0.25) is 0 Å². The lowest BCUT2D eigenvalue weighted by Crippen LogP contribution is -2.12. The summed E-state index contributed by atoms with van der Waals surface area (Å²) >= 11 is 0. The standard InChI is InChI=1S/C15H15NO5/c1-2-7-21-15(19)11-9-10(5-6-12(11)17)16-14(18)13-4-3-8-20-13/h3-6,8-9,17H,2,7H2,1H3,(H,16,18). The lowest BCUT2D eigenvalue weighted by atomic mass is 10.1. The summed E-state index contributed by atoms with van der Waals surface area (Å²) in [6.07, 6.45) is 2.07. The van der Waals surface area contributed by atoms with Crippen molar-refractivity contribution in [2.24, 2.45) is 0 Å². The number of phenols is 1. The zero-order valence-corrected chi connectivity index (χ0v) is 11.5. The number of hydrogen-bond acceptors (Lipinski definition) is 5. The maximum absolute atomic E-state index is 11.8. The number of carbonyl (C=O) groups excluding carboxylic acids is 2. The van der Waals surface area contributed by atoms with Gasteiger partial charge in [-0.15, -0.1) is 0 Å². The predicted octanol–water partition coefficient (Wildman–Crippen LogP) is 2.80. The third kappa shape index (κ3) is 3.62. The van der Waals surface area contributed by atoms with Crippen LogP contribution >= 0.6 is 0 Å². The van der Waals surface area contributed by atoms with Gasteiger partial charge in [0.25, 0.3) is 5.91 Å². The van der Waals surface area contributed by atoms with Gasteiger partial charge >= 0.3 is 5.97 Å². The maximum atomic E-state index is 11.8. The number of carbonyl (C=O) groups is 2. The number of ether oxygens (including phenoxy) is 1. The fraction of sp³-hybridized carbons (Fsp3) is 0.200. The quantitative estimate of drug-likeness (QED) is 0.652. The number of nitrogens with one attached hydrogen (secondary N) is 1. The Morgan fingerprint density at radius 2 is 2.14 bits per heavy atom. The van der Waals surface area contributed by atoms with E-state index in [0.29, 0.717) is 12.1 Å². The molecule has 6 nitrogen and oxygen atoms in total. The van der Waals surface area contributed by atoms with E-state index in [4.69, 9.17) is 9.15 Å². The average molecular weight is 289 g/mol. The summed E-state index contributed by atoms with van der Waals surface area (Å²) in [6.45, 7) is 2.13. The number of benzene rings is 1. The Morgan fingerprint density at radius 1 is 1.33 bits per heavy atom. The summed E-state index contributed by atoms with van der Waals surface area (Å²) in [5.41, 5.74) is 0.360. The maximum Gasteiger partial charge on any atom is 0.341 e. The summed E-state index contributed by atoms with van der Waals surface area (Å²) in [5, 5.41) is 12.3. The van der Waals surface area contributed by atoms with E-state index in [-0.39, 0.29) is 23.7 Å². The topological polar surface area (TPSA) is 88.8 Å². The van der Waals surface area contributed by atoms with Gasteiger partial charge in [-0.2, -0.15) is 0 Å². The second-order valence-corrected chi connectivity index (χ2v) is 4.30. The number of rotatable bonds is 5. The van der Waals surface area contributed by atoms with Gasteiger partial charge in [-0.05, 0) is 36.8 Å². The van der Waals surface area contributed by atoms with Crippen molar-refractivity contribution in [1.29, 1.82) is 0 Å². The van der Waals surface area contributed by atoms with Gasteiger partial charge < -0.3 is 19.6 Å². The first kappa shape index (κ1) is 14.6. The molecule has 0 bridgehead atoms. The fourth-order valence-electron chi connectivity index (χ4n) is 1.65. The highest BCUT2D eigenvalue weighted by atomic mass is 16.5. The van der Waals surface area contributed by atoms with Gasteiger partial charge in [0.15, 0.2) is 5.76 Å². The van der Waals surface area contributed by atoms with Gasteiger partial charge in [-0.3, -0.25) is 4.79 Å². The SMILES string of the molecule is CCCOC(=O)c1cc(NC(=O)c2ccco2)ccc1O. The van der Waals surface area contributed by atoms with Gasteiger partial charge in [0.05, 0.1) is 12.9 Å². The minimum Gasteiger partial charge on any atom is -0.507 e. The van der Waals surface area contributed by atoms with Gasteiger partial charge in [0.2, 0.25) is 0 Å². The molecule has 1 heterocycles. The number of esters is 1. The molecule has 1 aromatic heterocycles. The van der Waals surface area contributed by atoms with Crippen LogP contribution < -0.4 is 5.32 Å². The van der Waals surface area contributed by atoms with E-state index >= 15 is 0 Å². The molecule has 1 aromatic carbocycles. The third-order valence-corrected chi connectivity index (χ3v) is 2.66. The van der Waals surface area contributed by atoms with Crippen molar-refractivity contribution >= 4 is 17.6 Å². The van der Waals surface area contributed by atoms with E-state index in [1.165, 1.54) is 30.5 Å². The minimum atomic E-state index is -0.636. The molecule has 1 amide bonds. The first-order chi connectivity index (χ1) is 10.1. The molecule has 0 spiro atoms. The first-order valence-corrected chi connectivity index (χ1v) is 6.46. The van der Waals surface area contributed by atoms with Gasteiger partial charge in [-0.1, -0.05) is 6.92 Å². The van der Waals surface area contributed by atoms with Crippen LogP contribution in [0.3, 0.4) is 0 Å². The van der Waals surface area contributed by atoms with Crippen LogP contribution in [0.5, 0.6) is 5.75 Å². The molecule has 0 aliphatic rings. The molecule has 0 aliphatic heterocycles. The number of furan rings is 1. The summed E-state index contributed by atoms with van der Waals surface area (Å²) in [7, 11) is 0. The van der Waals surface area contributed by atoms with Gasteiger partial charge in [0.1, 0.15) is 11.3 Å². The molecule has 0 saturated heterocycles. The molecule has 0 atom stereocenters. The van der Waals surface area contributed by atoms with E-state index < -0.39 is 11.9 Å². The van der Waals surface area contributed by atoms with Crippen LogP contribution in [0.4, 0.5) is 5.69 Å². The highest BCUT2D eigenvalue weighted by Crippen LogP contribution is 2.23. The molecule has 2 N–H and O–H groups in total. The summed E-state index contributed by atoms with van der Waals surface area (Å²) in [6, 6.07) is 7.27. The lowest BCUT2D eigenvalue weighted by molar-refractivity contribution is 0.0501. The number of phenolic OH excluding ortho intramolecular Hbond substituents is 1. The van der Waals surface area contributed by atoms with Crippen molar-refractivity contribution < 1.29 is 23.8 Å². The van der Waals surface area contributed by atoms with Crippen molar-refractivity contribution in [2.45, 2.75) is 13.3 Å². The zero-order chi connectivity index (χ0) is 15.2. The Balaban J connectivity index is 2.14. The fourth-order valence-corrected chi connectivity index (χ4v) is 1.65. The van der Waals surface area contributed by atoms with Crippen molar-refractivity contribution in [2.75, 3.05) is 11.9 Å². The Morgan fingerprint density at radius 3 is 2.81 bits per heavy atom. The predicted molar refractivity (Wildman–Crippen MR) is 75.3 cm³/mol. The molecule has 0 fully saturated rings. The molecule has 21 heavy (non-hydrogen) atoms. The summed E-state index contributed by atoms with van der Waals surface area (Å²) in [4.78, 5) is 23.6. The number of amides is 1. The van der Waals surface area contributed by atoms with Crippen LogP contribution in [0.1, 0.15) is 34.3 Å². The second kappa shape index (κ2) is 6.60. The van der Waals surface area contributed by atoms with E-state index in [1.807, 2.05) is 6.92 Å². The minimum absolute atomic E-state index is 0.000643. The number of anilines is 1. The van der Waals surface area contributed by atoms with Gasteiger partial charge in [0, 0.05) is 5.69 Å². The Labute approximate surface area is 121 Å². The van der Waals surface area contributed by atoms with Crippen molar-refractivity contribution in [3.63, 3.8) is 0 Å². The third-order valence-electron chi connectivity index (χ3n) is 2.66. The summed E-state index contributed by atoms with van der Waals surface area (Å²) < 4.78 is 9.93. The first-order valence-electron chi connectivity index (χ1n) is 6.46. The second-order valence-electron chi connectivity index (χ2n) is 4.30. The Bertz CT molecular complexity index is 634. The normalized spacial score (nSPS) is 10.1. The highest BCUT2D eigenvalue weighted by Gasteiger charge is 2.15. The molecule has 0 saturated carbocycles. The van der Waals surface area contributed by atoms with E-state index in [0.717, 1.165) is 0 Å². The molecular formula is C15H15NO5. The summed E-state index contributed by atoms with van der Waals surface area (Å²) in [5.74, 6) is -1.13. The van der Waals surface area contributed by atoms with Crippen LogP contribution in [0.25, 0.3) is 0 Å². The molecule has 6 heteroatoms. The van der Waals surface area contributed by atoms with Crippen molar-refractivity contribution in [3.8, 4) is 5.75 Å². The van der Waals surface area contributed by atoms with E-state index in [1.54, 1.807) is 6.07 Å². The number of aromatic hydroxyl groups is 1. The lowest BCUT2D eigenvalue weighted by Gasteiger charge is -2.08. The molecule has 0 aliphatic carbocycles. The van der Waals surface area contributed by atoms with Crippen LogP contribution in [-0.4, -0.2) is 23.6 Å². The molecular weight excluding hydrogens is 274 g/mol. The van der Waals surface area contributed by atoms with E-state index in [9.17, 15) is 14.7 Å². The Hall–Kier alpha value is -2.76.